The van der Waals surface area contributed by atoms with Crippen LogP contribution >= 0.6 is 24.0 Å². The van der Waals surface area contributed by atoms with Gasteiger partial charge in [-0.2, -0.15) is 0 Å². The number of benzene rings is 1. The lowest BCUT2D eigenvalue weighted by molar-refractivity contribution is 0.0368. The van der Waals surface area contributed by atoms with Crippen molar-refractivity contribution in [1.82, 2.24) is 15.5 Å². The van der Waals surface area contributed by atoms with E-state index in [0.717, 1.165) is 44.5 Å². The van der Waals surface area contributed by atoms with E-state index in [1.165, 1.54) is 31.2 Å². The first kappa shape index (κ1) is 26.2. The van der Waals surface area contributed by atoms with E-state index in [1.807, 2.05) is 19.1 Å². The van der Waals surface area contributed by atoms with Crippen LogP contribution in [0.2, 0.25) is 0 Å². The number of hydrogen-bond acceptors (Lipinski definition) is 5. The molecule has 2 fully saturated rings. The van der Waals surface area contributed by atoms with Crippen LogP contribution in [0.3, 0.4) is 0 Å². The summed E-state index contributed by atoms with van der Waals surface area (Å²) in [5, 5.41) is 16.9. The number of guanidine groups is 1. The number of nitrogens with one attached hydrogen (secondary N) is 2. The Balaban J connectivity index is 0.00000341. The first-order valence-electron chi connectivity index (χ1n) is 11.4. The summed E-state index contributed by atoms with van der Waals surface area (Å²) in [7, 11) is 1.69. The highest BCUT2D eigenvalue weighted by molar-refractivity contribution is 14.0. The van der Waals surface area contributed by atoms with Gasteiger partial charge in [-0.1, -0.05) is 12.1 Å². The Labute approximate surface area is 204 Å². The molecule has 0 amide bonds. The van der Waals surface area contributed by atoms with Crippen LogP contribution in [-0.4, -0.2) is 75.1 Å². The molecule has 1 aromatic rings. The molecule has 1 saturated heterocycles. The molecule has 2 atom stereocenters. The lowest BCUT2D eigenvalue weighted by Gasteiger charge is -2.29. The number of hydrogen-bond donors (Lipinski definition) is 3. The summed E-state index contributed by atoms with van der Waals surface area (Å²) in [4.78, 5) is 7.10. The van der Waals surface area contributed by atoms with Crippen molar-refractivity contribution in [2.45, 2.75) is 44.8 Å². The van der Waals surface area contributed by atoms with Crippen molar-refractivity contribution in [3.05, 3.63) is 29.8 Å². The van der Waals surface area contributed by atoms with Crippen molar-refractivity contribution in [2.24, 2.45) is 10.9 Å². The highest BCUT2D eigenvalue weighted by atomic mass is 127. The van der Waals surface area contributed by atoms with E-state index in [9.17, 15) is 5.11 Å². The summed E-state index contributed by atoms with van der Waals surface area (Å²) < 4.78 is 10.9. The summed E-state index contributed by atoms with van der Waals surface area (Å²) in [5.74, 6) is 2.32. The van der Waals surface area contributed by atoms with Crippen LogP contribution in [0.4, 0.5) is 0 Å². The molecule has 31 heavy (non-hydrogen) atoms. The van der Waals surface area contributed by atoms with Crippen LogP contribution in [0.25, 0.3) is 0 Å². The normalized spacial score (nSPS) is 18.9. The Bertz CT molecular complexity index is 649. The standard InChI is InChI=1S/C23H38N4O3.HI/c1-3-24-23(25-14-20(28)17-30-16-18-6-7-18)26-15-22(27-12-4-5-13-27)19-8-10-21(29-2)11-9-19;/h8-11,18,20,22,28H,3-7,12-17H2,1-2H3,(H2,24,25,26);1H. The van der Waals surface area contributed by atoms with E-state index < -0.39 is 6.10 Å². The molecule has 0 radical (unpaired) electrons. The molecular formula is C23H39IN4O3. The van der Waals surface area contributed by atoms with Crippen molar-refractivity contribution >= 4 is 29.9 Å². The van der Waals surface area contributed by atoms with Gasteiger partial charge in [0.2, 0.25) is 0 Å². The van der Waals surface area contributed by atoms with E-state index in [1.54, 1.807) is 7.11 Å². The second kappa shape index (κ2) is 14.1. The number of aliphatic hydroxyl groups excluding tert-OH is 1. The van der Waals surface area contributed by atoms with Gasteiger partial charge in [0.05, 0.1) is 32.4 Å². The lowest BCUT2D eigenvalue weighted by atomic mass is 10.1. The molecule has 1 aromatic carbocycles. The zero-order chi connectivity index (χ0) is 21.2. The van der Waals surface area contributed by atoms with Gasteiger partial charge in [0, 0.05) is 19.7 Å². The van der Waals surface area contributed by atoms with Crippen molar-refractivity contribution in [1.29, 1.82) is 0 Å². The lowest BCUT2D eigenvalue weighted by Crippen LogP contribution is -2.43. The molecule has 7 nitrogen and oxygen atoms in total. The van der Waals surface area contributed by atoms with Crippen LogP contribution in [0, 0.1) is 5.92 Å². The molecule has 2 aliphatic rings. The van der Waals surface area contributed by atoms with Gasteiger partial charge in [0.1, 0.15) is 5.75 Å². The number of halogens is 1. The molecule has 0 bridgehead atoms. The molecule has 2 unspecified atom stereocenters. The van der Waals surface area contributed by atoms with Gasteiger partial charge in [0.15, 0.2) is 5.96 Å². The first-order chi connectivity index (χ1) is 14.7. The number of ether oxygens (including phenoxy) is 2. The van der Waals surface area contributed by atoms with Crippen molar-refractivity contribution in [2.75, 3.05) is 53.0 Å². The SMILES string of the molecule is CCNC(=NCC(O)COCC1CC1)NCC(c1ccc(OC)cc1)N1CCCC1.I. The van der Waals surface area contributed by atoms with Crippen molar-refractivity contribution in [3.8, 4) is 5.75 Å². The second-order valence-corrected chi connectivity index (χ2v) is 8.27. The number of aliphatic hydroxyl groups is 1. The highest BCUT2D eigenvalue weighted by Crippen LogP contribution is 2.28. The number of likely N-dealkylation sites (tertiary alicyclic amines) is 1. The molecule has 3 N–H and O–H groups in total. The van der Waals surface area contributed by atoms with Crippen LogP contribution < -0.4 is 15.4 Å². The third-order valence-electron chi connectivity index (χ3n) is 5.71. The molecule has 1 saturated carbocycles. The monoisotopic (exact) mass is 546 g/mol. The van der Waals surface area contributed by atoms with E-state index in [4.69, 9.17) is 9.47 Å². The average Bonchev–Trinajstić information content (AvgIpc) is 3.43. The summed E-state index contributed by atoms with van der Waals surface area (Å²) in [6.07, 6.45) is 4.43. The molecule has 1 heterocycles. The largest absolute Gasteiger partial charge is 0.497 e. The quantitative estimate of drug-likeness (QED) is 0.213. The minimum Gasteiger partial charge on any atom is -0.497 e. The van der Waals surface area contributed by atoms with Gasteiger partial charge < -0.3 is 25.2 Å². The van der Waals surface area contributed by atoms with Crippen LogP contribution in [0.1, 0.15) is 44.2 Å². The average molecular weight is 546 g/mol. The first-order valence-corrected chi connectivity index (χ1v) is 11.4. The second-order valence-electron chi connectivity index (χ2n) is 8.27. The predicted octanol–water partition coefficient (Wildman–Crippen LogP) is 2.79. The van der Waals surface area contributed by atoms with Crippen molar-refractivity contribution < 1.29 is 14.6 Å². The minimum absolute atomic E-state index is 0. The molecule has 8 heteroatoms. The summed E-state index contributed by atoms with van der Waals surface area (Å²) in [6.45, 7) is 7.25. The van der Waals surface area contributed by atoms with Crippen LogP contribution in [0.15, 0.2) is 29.3 Å². The highest BCUT2D eigenvalue weighted by Gasteiger charge is 2.24. The maximum absolute atomic E-state index is 10.2. The Kier molecular flexibility index (Phi) is 11.9. The van der Waals surface area contributed by atoms with E-state index in [-0.39, 0.29) is 30.0 Å². The van der Waals surface area contributed by atoms with Gasteiger partial charge in [-0.3, -0.25) is 9.89 Å². The Hall–Kier alpha value is -1.10. The number of nitrogens with zero attached hydrogens (tertiary/aromatic N) is 2. The van der Waals surface area contributed by atoms with E-state index in [0.29, 0.717) is 19.1 Å². The fraction of sp³-hybridized carbons (Fsp3) is 0.696. The molecule has 0 aromatic heterocycles. The fourth-order valence-electron chi connectivity index (χ4n) is 3.78. The fourth-order valence-corrected chi connectivity index (χ4v) is 3.78. The molecular weight excluding hydrogens is 507 g/mol. The van der Waals surface area contributed by atoms with E-state index >= 15 is 0 Å². The molecule has 3 rings (SSSR count). The Morgan fingerprint density at radius 1 is 1.19 bits per heavy atom. The summed E-state index contributed by atoms with van der Waals surface area (Å²) in [6, 6.07) is 8.61. The molecule has 1 aliphatic carbocycles. The summed E-state index contributed by atoms with van der Waals surface area (Å²) in [5.41, 5.74) is 1.27. The summed E-state index contributed by atoms with van der Waals surface area (Å²) >= 11 is 0. The van der Waals surface area contributed by atoms with Gasteiger partial charge >= 0.3 is 0 Å². The minimum atomic E-state index is -0.574. The van der Waals surface area contributed by atoms with Crippen LogP contribution in [-0.2, 0) is 4.74 Å². The Morgan fingerprint density at radius 3 is 2.52 bits per heavy atom. The van der Waals surface area contributed by atoms with Gasteiger partial charge in [0.25, 0.3) is 0 Å². The van der Waals surface area contributed by atoms with E-state index in [2.05, 4.69) is 32.7 Å². The van der Waals surface area contributed by atoms with Gasteiger partial charge in [-0.25, -0.2) is 0 Å². The number of methoxy groups -OCH3 is 1. The smallest absolute Gasteiger partial charge is 0.191 e. The topological polar surface area (TPSA) is 78.4 Å². The van der Waals surface area contributed by atoms with Gasteiger partial charge in [-0.15, -0.1) is 24.0 Å². The maximum Gasteiger partial charge on any atom is 0.191 e. The van der Waals surface area contributed by atoms with Crippen LogP contribution in [0.5, 0.6) is 5.75 Å². The Morgan fingerprint density at radius 2 is 1.90 bits per heavy atom. The zero-order valence-electron chi connectivity index (χ0n) is 18.9. The van der Waals surface area contributed by atoms with Crippen molar-refractivity contribution in [3.63, 3.8) is 0 Å². The third-order valence-corrected chi connectivity index (χ3v) is 5.71. The predicted molar refractivity (Wildman–Crippen MR) is 135 cm³/mol. The van der Waals surface area contributed by atoms with Gasteiger partial charge in [-0.05, 0) is 69.3 Å². The molecule has 0 spiro atoms. The molecule has 176 valence electrons. The number of rotatable bonds is 12. The maximum atomic E-state index is 10.2. The third kappa shape index (κ3) is 9.11. The number of aliphatic imine (C=N–C) groups is 1. The molecule has 1 aliphatic heterocycles. The zero-order valence-corrected chi connectivity index (χ0v) is 21.2.